The fraction of sp³-hybridized carbons (Fsp3) is 0.278. The minimum Gasteiger partial charge on any atom is -0.497 e. The van der Waals surface area contributed by atoms with Gasteiger partial charge in [-0.2, -0.15) is 4.72 Å². The number of hydrogen-bond donors (Lipinski definition) is 2. The van der Waals surface area contributed by atoms with Crippen LogP contribution in [0.5, 0.6) is 11.5 Å². The second-order valence-electron chi connectivity index (χ2n) is 5.55. The zero-order valence-electron chi connectivity index (χ0n) is 14.9. The quantitative estimate of drug-likeness (QED) is 0.729. The van der Waals surface area contributed by atoms with Crippen molar-refractivity contribution in [2.75, 3.05) is 14.2 Å². The molecule has 0 aliphatic rings. The number of rotatable bonds is 8. The standard InChI is InChI=1S/C18H22N2O5S/c1-13(18(21)19-12-14-6-4-5-7-17(14)25-3)20-26(22,23)16-10-8-15(24-2)9-11-16/h4-11,13,20H,12H2,1-3H3,(H,19,21). The van der Waals surface area contributed by atoms with Gasteiger partial charge in [-0.3, -0.25) is 4.79 Å². The highest BCUT2D eigenvalue weighted by Gasteiger charge is 2.22. The van der Waals surface area contributed by atoms with Crippen LogP contribution in [0.25, 0.3) is 0 Å². The van der Waals surface area contributed by atoms with Crippen LogP contribution in [0, 0.1) is 0 Å². The molecule has 7 nitrogen and oxygen atoms in total. The summed E-state index contributed by atoms with van der Waals surface area (Å²) in [6, 6.07) is 12.3. The Morgan fingerprint density at radius 1 is 1.04 bits per heavy atom. The van der Waals surface area contributed by atoms with E-state index >= 15 is 0 Å². The van der Waals surface area contributed by atoms with Gasteiger partial charge in [0.05, 0.1) is 25.2 Å². The van der Waals surface area contributed by atoms with E-state index in [1.807, 2.05) is 18.2 Å². The summed E-state index contributed by atoms with van der Waals surface area (Å²) in [5, 5.41) is 2.70. The van der Waals surface area contributed by atoms with Gasteiger partial charge in [-0.05, 0) is 37.3 Å². The maximum atomic E-state index is 12.4. The first-order valence-electron chi connectivity index (χ1n) is 7.93. The molecule has 0 radical (unpaired) electrons. The van der Waals surface area contributed by atoms with E-state index in [1.54, 1.807) is 25.3 Å². The van der Waals surface area contributed by atoms with Gasteiger partial charge in [0.1, 0.15) is 11.5 Å². The summed E-state index contributed by atoms with van der Waals surface area (Å²) >= 11 is 0. The SMILES string of the molecule is COc1ccc(S(=O)(=O)NC(C)C(=O)NCc2ccccc2OC)cc1. The lowest BCUT2D eigenvalue weighted by molar-refractivity contribution is -0.122. The van der Waals surface area contributed by atoms with Gasteiger partial charge in [-0.1, -0.05) is 18.2 Å². The molecule has 1 unspecified atom stereocenters. The van der Waals surface area contributed by atoms with Crippen LogP contribution >= 0.6 is 0 Å². The zero-order chi connectivity index (χ0) is 19.2. The van der Waals surface area contributed by atoms with Gasteiger partial charge in [0.15, 0.2) is 0 Å². The number of nitrogens with one attached hydrogen (secondary N) is 2. The molecule has 2 aromatic rings. The maximum Gasteiger partial charge on any atom is 0.241 e. The van der Waals surface area contributed by atoms with Crippen LogP contribution in [0.2, 0.25) is 0 Å². The minimum atomic E-state index is -3.82. The molecule has 2 rings (SSSR count). The molecule has 2 aromatic carbocycles. The number of amides is 1. The summed E-state index contributed by atoms with van der Waals surface area (Å²) in [5.41, 5.74) is 0.800. The van der Waals surface area contributed by atoms with Crippen LogP contribution in [0.15, 0.2) is 53.4 Å². The van der Waals surface area contributed by atoms with Crippen molar-refractivity contribution in [2.24, 2.45) is 0 Å². The van der Waals surface area contributed by atoms with Crippen molar-refractivity contribution in [3.63, 3.8) is 0 Å². The Kier molecular flexibility index (Phi) is 6.59. The third-order valence-corrected chi connectivity index (χ3v) is 5.30. The molecule has 8 heteroatoms. The Hall–Kier alpha value is -2.58. The summed E-state index contributed by atoms with van der Waals surface area (Å²) in [4.78, 5) is 12.3. The van der Waals surface area contributed by atoms with Crippen LogP contribution in [0.1, 0.15) is 12.5 Å². The van der Waals surface area contributed by atoms with Crippen molar-refractivity contribution in [1.82, 2.24) is 10.0 Å². The van der Waals surface area contributed by atoms with Gasteiger partial charge in [0.2, 0.25) is 15.9 Å². The number of carbonyl (C=O) groups excluding carboxylic acids is 1. The van der Waals surface area contributed by atoms with Crippen molar-refractivity contribution in [3.8, 4) is 11.5 Å². The molecule has 0 aliphatic heterocycles. The number of benzene rings is 2. The number of ether oxygens (including phenoxy) is 2. The first-order chi connectivity index (χ1) is 12.4. The maximum absolute atomic E-state index is 12.4. The first-order valence-corrected chi connectivity index (χ1v) is 9.41. The van der Waals surface area contributed by atoms with Gasteiger partial charge in [-0.25, -0.2) is 8.42 Å². The van der Waals surface area contributed by atoms with Crippen LogP contribution < -0.4 is 19.5 Å². The Labute approximate surface area is 153 Å². The number of para-hydroxylation sites is 1. The molecule has 2 N–H and O–H groups in total. The van der Waals surface area contributed by atoms with E-state index in [0.29, 0.717) is 11.5 Å². The van der Waals surface area contributed by atoms with Crippen molar-refractivity contribution < 1.29 is 22.7 Å². The summed E-state index contributed by atoms with van der Waals surface area (Å²) in [6.45, 7) is 1.72. The summed E-state index contributed by atoms with van der Waals surface area (Å²) < 4.78 is 37.3. The molecule has 0 spiro atoms. The third-order valence-electron chi connectivity index (χ3n) is 3.74. The average molecular weight is 378 g/mol. The lowest BCUT2D eigenvalue weighted by Gasteiger charge is -2.15. The number of methoxy groups -OCH3 is 2. The monoisotopic (exact) mass is 378 g/mol. The zero-order valence-corrected chi connectivity index (χ0v) is 15.7. The van der Waals surface area contributed by atoms with Crippen LogP contribution in [0.3, 0.4) is 0 Å². The lowest BCUT2D eigenvalue weighted by Crippen LogP contribution is -2.44. The summed E-state index contributed by atoms with van der Waals surface area (Å²) in [6.07, 6.45) is 0. The molecular formula is C18H22N2O5S. The predicted octanol–water partition coefficient (Wildman–Crippen LogP) is 1.69. The Morgan fingerprint density at radius 3 is 2.31 bits per heavy atom. The van der Waals surface area contributed by atoms with E-state index in [-0.39, 0.29) is 11.4 Å². The van der Waals surface area contributed by atoms with Crippen molar-refractivity contribution in [3.05, 3.63) is 54.1 Å². The molecule has 140 valence electrons. The van der Waals surface area contributed by atoms with E-state index in [4.69, 9.17) is 9.47 Å². The Balaban J connectivity index is 1.99. The fourth-order valence-electron chi connectivity index (χ4n) is 2.29. The smallest absolute Gasteiger partial charge is 0.241 e. The predicted molar refractivity (Wildman–Crippen MR) is 97.6 cm³/mol. The average Bonchev–Trinajstić information content (AvgIpc) is 2.65. The van der Waals surface area contributed by atoms with Gasteiger partial charge in [0, 0.05) is 12.1 Å². The van der Waals surface area contributed by atoms with Gasteiger partial charge in [-0.15, -0.1) is 0 Å². The number of carbonyl (C=O) groups is 1. The highest BCUT2D eigenvalue weighted by molar-refractivity contribution is 7.89. The van der Waals surface area contributed by atoms with Gasteiger partial charge >= 0.3 is 0 Å². The lowest BCUT2D eigenvalue weighted by atomic mass is 10.2. The van der Waals surface area contributed by atoms with Crippen molar-refractivity contribution in [2.45, 2.75) is 24.4 Å². The number of sulfonamides is 1. The Bertz CT molecular complexity index is 850. The molecular weight excluding hydrogens is 356 g/mol. The largest absolute Gasteiger partial charge is 0.497 e. The topological polar surface area (TPSA) is 93.7 Å². The van der Waals surface area contributed by atoms with Crippen molar-refractivity contribution >= 4 is 15.9 Å². The van der Waals surface area contributed by atoms with E-state index in [1.165, 1.54) is 26.2 Å². The molecule has 26 heavy (non-hydrogen) atoms. The van der Waals surface area contributed by atoms with Crippen LogP contribution in [-0.2, 0) is 21.4 Å². The molecule has 0 bridgehead atoms. The minimum absolute atomic E-state index is 0.0580. The molecule has 0 saturated carbocycles. The first kappa shape index (κ1) is 19.7. The molecule has 0 saturated heterocycles. The molecule has 0 fully saturated rings. The normalized spacial score (nSPS) is 12.3. The summed E-state index contributed by atoms with van der Waals surface area (Å²) in [5.74, 6) is 0.763. The number of hydrogen-bond acceptors (Lipinski definition) is 5. The molecule has 0 aliphatic carbocycles. The van der Waals surface area contributed by atoms with E-state index < -0.39 is 22.0 Å². The molecule has 1 atom stereocenters. The van der Waals surface area contributed by atoms with E-state index in [9.17, 15) is 13.2 Å². The van der Waals surface area contributed by atoms with Gasteiger partial charge < -0.3 is 14.8 Å². The summed E-state index contributed by atoms with van der Waals surface area (Å²) in [7, 11) is -0.773. The highest BCUT2D eigenvalue weighted by atomic mass is 32.2. The van der Waals surface area contributed by atoms with Crippen molar-refractivity contribution in [1.29, 1.82) is 0 Å². The van der Waals surface area contributed by atoms with E-state index in [0.717, 1.165) is 5.56 Å². The second kappa shape index (κ2) is 8.68. The highest BCUT2D eigenvalue weighted by Crippen LogP contribution is 2.17. The Morgan fingerprint density at radius 2 is 1.69 bits per heavy atom. The molecule has 0 aromatic heterocycles. The second-order valence-corrected chi connectivity index (χ2v) is 7.26. The molecule has 0 heterocycles. The third kappa shape index (κ3) is 4.96. The fourth-order valence-corrected chi connectivity index (χ4v) is 3.50. The van der Waals surface area contributed by atoms with E-state index in [2.05, 4.69) is 10.0 Å². The molecule has 1 amide bonds. The van der Waals surface area contributed by atoms with Crippen LogP contribution in [0.4, 0.5) is 0 Å². The van der Waals surface area contributed by atoms with Crippen LogP contribution in [-0.4, -0.2) is 34.6 Å². The van der Waals surface area contributed by atoms with Gasteiger partial charge in [0.25, 0.3) is 0 Å².